The molecule has 0 fully saturated rings. The first-order chi connectivity index (χ1) is 9.49. The summed E-state index contributed by atoms with van der Waals surface area (Å²) in [5.74, 6) is 0.0948. The van der Waals surface area contributed by atoms with Gasteiger partial charge in [0.1, 0.15) is 0 Å². The van der Waals surface area contributed by atoms with E-state index in [1.807, 2.05) is 6.92 Å². The Kier molecular flexibility index (Phi) is 3.99. The average Bonchev–Trinajstić information content (AvgIpc) is 2.90. The van der Waals surface area contributed by atoms with Gasteiger partial charge >= 0.3 is 5.97 Å². The third kappa shape index (κ3) is 2.36. The zero-order valence-corrected chi connectivity index (χ0v) is 12.6. The molecule has 0 spiro atoms. The highest BCUT2D eigenvalue weighted by molar-refractivity contribution is 9.10. The number of carboxylic acids is 1. The van der Waals surface area contributed by atoms with E-state index in [0.717, 1.165) is 10.0 Å². The fourth-order valence-electron chi connectivity index (χ4n) is 1.81. The van der Waals surface area contributed by atoms with Crippen LogP contribution in [0.3, 0.4) is 0 Å². The fraction of sp³-hybridized carbons (Fsp3) is 0.231. The summed E-state index contributed by atoms with van der Waals surface area (Å²) in [6, 6.07) is 3.14. The lowest BCUT2D eigenvalue weighted by Crippen LogP contribution is -1.96. The van der Waals surface area contributed by atoms with Gasteiger partial charge in [0.25, 0.3) is 0 Å². The number of ether oxygens (including phenoxy) is 2. The van der Waals surface area contributed by atoms with Gasteiger partial charge in [-0.2, -0.15) is 0 Å². The predicted molar refractivity (Wildman–Crippen MR) is 74.4 cm³/mol. The molecule has 0 saturated carbocycles. The van der Waals surface area contributed by atoms with Gasteiger partial charge in [0.2, 0.25) is 0 Å². The van der Waals surface area contributed by atoms with Crippen LogP contribution < -0.4 is 9.47 Å². The number of nitrogens with zero attached hydrogens (tertiary/aromatic N) is 1. The van der Waals surface area contributed by atoms with E-state index in [9.17, 15) is 4.79 Å². The standard InChI is InChI=1S/C13H12BrNO5/c1-6-4-9(18-2)12(19-3)10(11(6)14)8-5-7(13(16)17)15-20-8/h4-5H,1-3H3,(H,16,17). The molecule has 0 amide bonds. The molecule has 0 bridgehead atoms. The van der Waals surface area contributed by atoms with Crippen molar-refractivity contribution in [2.24, 2.45) is 0 Å². The summed E-state index contributed by atoms with van der Waals surface area (Å²) in [7, 11) is 3.02. The second kappa shape index (κ2) is 5.54. The first kappa shape index (κ1) is 14.4. The van der Waals surface area contributed by atoms with Crippen LogP contribution in [0.25, 0.3) is 11.3 Å². The summed E-state index contributed by atoms with van der Waals surface area (Å²) in [5.41, 5.74) is 1.28. The van der Waals surface area contributed by atoms with Crippen LogP contribution >= 0.6 is 15.9 Å². The van der Waals surface area contributed by atoms with E-state index in [2.05, 4.69) is 21.1 Å². The molecule has 1 aromatic carbocycles. The van der Waals surface area contributed by atoms with Crippen molar-refractivity contribution in [3.05, 3.63) is 27.9 Å². The molecule has 0 unspecified atom stereocenters. The van der Waals surface area contributed by atoms with Crippen LogP contribution in [0.15, 0.2) is 21.1 Å². The van der Waals surface area contributed by atoms with Gasteiger partial charge in [-0.05, 0) is 34.5 Å². The lowest BCUT2D eigenvalue weighted by Gasteiger charge is -2.14. The number of halogens is 1. The van der Waals surface area contributed by atoms with Gasteiger partial charge < -0.3 is 19.1 Å². The Labute approximate surface area is 123 Å². The molecular formula is C13H12BrNO5. The molecule has 0 aliphatic heterocycles. The van der Waals surface area contributed by atoms with Gasteiger partial charge in [-0.1, -0.05) is 5.16 Å². The monoisotopic (exact) mass is 341 g/mol. The first-order valence-electron chi connectivity index (χ1n) is 5.61. The van der Waals surface area contributed by atoms with Crippen LogP contribution in [-0.4, -0.2) is 30.5 Å². The maximum atomic E-state index is 10.9. The van der Waals surface area contributed by atoms with E-state index in [1.54, 1.807) is 6.07 Å². The minimum Gasteiger partial charge on any atom is -0.493 e. The van der Waals surface area contributed by atoms with Crippen molar-refractivity contribution >= 4 is 21.9 Å². The molecule has 0 radical (unpaired) electrons. The molecular weight excluding hydrogens is 330 g/mol. The predicted octanol–water partition coefficient (Wildman–Crippen LogP) is 3.13. The summed E-state index contributed by atoms with van der Waals surface area (Å²) < 4.78 is 16.4. The summed E-state index contributed by atoms with van der Waals surface area (Å²) >= 11 is 3.45. The molecule has 1 heterocycles. The van der Waals surface area contributed by atoms with Crippen molar-refractivity contribution in [3.8, 4) is 22.8 Å². The molecule has 0 aliphatic rings. The third-order valence-corrected chi connectivity index (χ3v) is 3.79. The zero-order valence-electron chi connectivity index (χ0n) is 11.1. The summed E-state index contributed by atoms with van der Waals surface area (Å²) in [4.78, 5) is 10.9. The van der Waals surface area contributed by atoms with Crippen LogP contribution in [0.4, 0.5) is 0 Å². The topological polar surface area (TPSA) is 81.8 Å². The zero-order chi connectivity index (χ0) is 14.9. The van der Waals surface area contributed by atoms with E-state index in [4.69, 9.17) is 19.1 Å². The van der Waals surface area contributed by atoms with E-state index in [1.165, 1.54) is 20.3 Å². The van der Waals surface area contributed by atoms with Gasteiger partial charge in [0.05, 0.1) is 19.8 Å². The summed E-state index contributed by atoms with van der Waals surface area (Å²) in [6.45, 7) is 1.88. The number of aryl methyl sites for hydroxylation is 1. The van der Waals surface area contributed by atoms with Crippen LogP contribution in [-0.2, 0) is 0 Å². The molecule has 0 atom stereocenters. The molecule has 6 nitrogen and oxygen atoms in total. The average molecular weight is 342 g/mol. The Morgan fingerprint density at radius 1 is 1.35 bits per heavy atom. The number of aromatic nitrogens is 1. The van der Waals surface area contributed by atoms with Gasteiger partial charge in [0.15, 0.2) is 23.0 Å². The van der Waals surface area contributed by atoms with Crippen LogP contribution in [0, 0.1) is 6.92 Å². The number of carbonyl (C=O) groups is 1. The highest BCUT2D eigenvalue weighted by Crippen LogP contribution is 2.45. The second-order valence-corrected chi connectivity index (χ2v) is 4.79. The Morgan fingerprint density at radius 3 is 2.55 bits per heavy atom. The van der Waals surface area contributed by atoms with Gasteiger partial charge in [-0.3, -0.25) is 0 Å². The number of benzene rings is 1. The van der Waals surface area contributed by atoms with Gasteiger partial charge in [0, 0.05) is 10.5 Å². The molecule has 0 aliphatic carbocycles. The number of hydrogen-bond acceptors (Lipinski definition) is 5. The summed E-state index contributed by atoms with van der Waals surface area (Å²) in [6.07, 6.45) is 0. The number of hydrogen-bond donors (Lipinski definition) is 1. The quantitative estimate of drug-likeness (QED) is 0.919. The first-order valence-corrected chi connectivity index (χ1v) is 6.40. The maximum absolute atomic E-state index is 10.9. The van der Waals surface area contributed by atoms with Crippen LogP contribution in [0.1, 0.15) is 16.1 Å². The smallest absolute Gasteiger partial charge is 0.358 e. The Morgan fingerprint density at radius 2 is 2.05 bits per heavy atom. The number of methoxy groups -OCH3 is 2. The fourth-order valence-corrected chi connectivity index (χ4v) is 2.30. The van der Waals surface area contributed by atoms with Crippen molar-refractivity contribution in [2.75, 3.05) is 14.2 Å². The highest BCUT2D eigenvalue weighted by atomic mass is 79.9. The van der Waals surface area contributed by atoms with Gasteiger partial charge in [-0.15, -0.1) is 0 Å². The molecule has 2 rings (SSSR count). The minimum atomic E-state index is -1.16. The maximum Gasteiger partial charge on any atom is 0.358 e. The van der Waals surface area contributed by atoms with E-state index in [0.29, 0.717) is 17.1 Å². The van der Waals surface area contributed by atoms with E-state index < -0.39 is 5.97 Å². The van der Waals surface area contributed by atoms with Crippen molar-refractivity contribution in [2.45, 2.75) is 6.92 Å². The number of rotatable bonds is 4. The molecule has 2 aromatic rings. The Balaban J connectivity index is 2.70. The molecule has 106 valence electrons. The molecule has 1 aromatic heterocycles. The molecule has 0 saturated heterocycles. The van der Waals surface area contributed by atoms with Crippen molar-refractivity contribution < 1.29 is 23.9 Å². The van der Waals surface area contributed by atoms with Gasteiger partial charge in [-0.25, -0.2) is 4.79 Å². The number of aromatic carboxylic acids is 1. The second-order valence-electron chi connectivity index (χ2n) is 4.00. The van der Waals surface area contributed by atoms with E-state index >= 15 is 0 Å². The SMILES string of the molecule is COc1cc(C)c(Br)c(-c2cc(C(=O)O)no2)c1OC. The van der Waals surface area contributed by atoms with Crippen LogP contribution in [0.2, 0.25) is 0 Å². The normalized spacial score (nSPS) is 10.4. The highest BCUT2D eigenvalue weighted by Gasteiger charge is 2.22. The minimum absolute atomic E-state index is 0.172. The molecule has 20 heavy (non-hydrogen) atoms. The third-order valence-electron chi connectivity index (χ3n) is 2.76. The summed E-state index contributed by atoms with van der Waals surface area (Å²) in [5, 5.41) is 12.4. The van der Waals surface area contributed by atoms with Crippen molar-refractivity contribution in [3.63, 3.8) is 0 Å². The lowest BCUT2D eigenvalue weighted by molar-refractivity contribution is 0.0686. The Hall–Kier alpha value is -2.02. The largest absolute Gasteiger partial charge is 0.493 e. The molecule has 1 N–H and O–H groups in total. The number of carboxylic acid groups (broad SMARTS) is 1. The Bertz CT molecular complexity index is 665. The lowest BCUT2D eigenvalue weighted by atomic mass is 10.1. The van der Waals surface area contributed by atoms with Crippen LogP contribution in [0.5, 0.6) is 11.5 Å². The van der Waals surface area contributed by atoms with Crippen molar-refractivity contribution in [1.82, 2.24) is 5.16 Å². The molecule has 7 heteroatoms. The van der Waals surface area contributed by atoms with Crippen molar-refractivity contribution in [1.29, 1.82) is 0 Å². The van der Waals surface area contributed by atoms with E-state index in [-0.39, 0.29) is 11.5 Å².